The van der Waals surface area contributed by atoms with Crippen molar-refractivity contribution in [3.05, 3.63) is 48.0 Å². The highest BCUT2D eigenvalue weighted by atomic mass is 32.1. The van der Waals surface area contributed by atoms with Crippen molar-refractivity contribution in [2.45, 2.75) is 12.8 Å². The molecule has 1 aromatic carbocycles. The highest BCUT2D eigenvalue weighted by Crippen LogP contribution is 2.35. The third-order valence-corrected chi connectivity index (χ3v) is 5.47. The van der Waals surface area contributed by atoms with E-state index in [2.05, 4.69) is 36.4 Å². The summed E-state index contributed by atoms with van der Waals surface area (Å²) >= 11 is 3.14. The molecule has 3 heterocycles. The van der Waals surface area contributed by atoms with Gasteiger partial charge in [0.25, 0.3) is 0 Å². The maximum atomic E-state index is 4.34. The fourth-order valence-electron chi connectivity index (χ4n) is 2.54. The Kier molecular flexibility index (Phi) is 4.89. The van der Waals surface area contributed by atoms with Gasteiger partial charge in [0.2, 0.25) is 5.13 Å². The van der Waals surface area contributed by atoms with Crippen LogP contribution in [0.1, 0.15) is 12.8 Å². The van der Waals surface area contributed by atoms with Crippen LogP contribution in [-0.4, -0.2) is 18.1 Å². The van der Waals surface area contributed by atoms with Gasteiger partial charge in [0, 0.05) is 24.7 Å². The van der Waals surface area contributed by atoms with E-state index >= 15 is 0 Å². The number of azo groups is 2. The zero-order valence-corrected chi connectivity index (χ0v) is 15.1. The van der Waals surface area contributed by atoms with Gasteiger partial charge in [-0.25, -0.2) is 4.98 Å². The summed E-state index contributed by atoms with van der Waals surface area (Å²) in [6.07, 6.45) is 4.27. The fourth-order valence-corrected chi connectivity index (χ4v) is 3.87. The van der Waals surface area contributed by atoms with Crippen LogP contribution >= 0.6 is 22.7 Å². The number of hydrogen-bond donors (Lipinski definition) is 0. The van der Waals surface area contributed by atoms with E-state index in [0.29, 0.717) is 5.13 Å². The van der Waals surface area contributed by atoms with Gasteiger partial charge in [0.15, 0.2) is 0 Å². The van der Waals surface area contributed by atoms with Crippen LogP contribution in [0, 0.1) is 0 Å². The fraction of sp³-hybridized carbons (Fsp3) is 0.235. The topological polar surface area (TPSA) is 65.6 Å². The molecule has 1 aliphatic rings. The molecule has 0 bridgehead atoms. The Hall–Kier alpha value is -2.45. The number of hydrogen-bond acceptors (Lipinski definition) is 8. The van der Waals surface area contributed by atoms with E-state index in [0.717, 1.165) is 29.5 Å². The van der Waals surface area contributed by atoms with Gasteiger partial charge in [0.1, 0.15) is 5.00 Å². The Morgan fingerprint density at radius 2 is 1.56 bits per heavy atom. The first-order valence-corrected chi connectivity index (χ1v) is 9.74. The molecule has 6 nitrogen and oxygen atoms in total. The van der Waals surface area contributed by atoms with Gasteiger partial charge < -0.3 is 4.90 Å². The molecular formula is C17H16N6S2. The minimum atomic E-state index is 0.648. The van der Waals surface area contributed by atoms with Crippen LogP contribution in [0.4, 0.5) is 26.5 Å². The Bertz CT molecular complexity index is 861. The van der Waals surface area contributed by atoms with Crippen molar-refractivity contribution < 1.29 is 0 Å². The second kappa shape index (κ2) is 7.62. The smallest absolute Gasteiger partial charge is 0.229 e. The predicted octanol–water partition coefficient (Wildman–Crippen LogP) is 6.64. The third-order valence-electron chi connectivity index (χ3n) is 3.78. The minimum absolute atomic E-state index is 0.648. The largest absolute Gasteiger partial charge is 0.363 e. The molecule has 8 heteroatoms. The Morgan fingerprint density at radius 1 is 0.840 bits per heavy atom. The molecule has 1 fully saturated rings. The number of aromatic nitrogens is 1. The SMILES string of the molecule is c1csc(/N=N/c2ccc(/N=N/c3ccc(N4CCCC4)s3)cc2)n1. The molecule has 0 spiro atoms. The number of thiazole rings is 1. The van der Waals surface area contributed by atoms with E-state index < -0.39 is 0 Å². The van der Waals surface area contributed by atoms with Crippen molar-refractivity contribution >= 4 is 49.2 Å². The number of anilines is 1. The lowest BCUT2D eigenvalue weighted by molar-refractivity contribution is 0.949. The molecule has 3 aromatic rings. The number of benzene rings is 1. The molecule has 4 rings (SSSR count). The molecular weight excluding hydrogens is 352 g/mol. The van der Waals surface area contributed by atoms with Crippen LogP contribution in [-0.2, 0) is 0 Å². The first-order valence-electron chi connectivity index (χ1n) is 8.05. The zero-order chi connectivity index (χ0) is 16.9. The van der Waals surface area contributed by atoms with E-state index in [-0.39, 0.29) is 0 Å². The van der Waals surface area contributed by atoms with Crippen LogP contribution in [0.3, 0.4) is 0 Å². The quantitative estimate of drug-likeness (QED) is 0.474. The second-order valence-corrected chi connectivity index (χ2v) is 7.45. The Morgan fingerprint density at radius 3 is 2.24 bits per heavy atom. The minimum Gasteiger partial charge on any atom is -0.363 e. The molecule has 1 aliphatic heterocycles. The molecule has 1 saturated heterocycles. The van der Waals surface area contributed by atoms with Crippen molar-refractivity contribution in [2.75, 3.05) is 18.0 Å². The predicted molar refractivity (Wildman–Crippen MR) is 103 cm³/mol. The van der Waals surface area contributed by atoms with Gasteiger partial charge in [0.05, 0.1) is 16.4 Å². The van der Waals surface area contributed by atoms with Gasteiger partial charge in [-0.15, -0.1) is 31.8 Å². The van der Waals surface area contributed by atoms with Crippen molar-refractivity contribution in [2.24, 2.45) is 20.5 Å². The number of thiophene rings is 1. The maximum absolute atomic E-state index is 4.34. The van der Waals surface area contributed by atoms with E-state index in [1.54, 1.807) is 17.5 Å². The zero-order valence-electron chi connectivity index (χ0n) is 13.4. The van der Waals surface area contributed by atoms with Gasteiger partial charge in [-0.1, -0.05) is 11.3 Å². The van der Waals surface area contributed by atoms with Gasteiger partial charge in [-0.05, 0) is 49.2 Å². The summed E-state index contributed by atoms with van der Waals surface area (Å²) in [6.45, 7) is 2.29. The van der Waals surface area contributed by atoms with E-state index in [9.17, 15) is 0 Å². The molecule has 0 unspecified atom stereocenters. The van der Waals surface area contributed by atoms with Crippen LogP contribution in [0.25, 0.3) is 0 Å². The van der Waals surface area contributed by atoms with E-state index in [1.165, 1.54) is 29.2 Å². The molecule has 0 radical (unpaired) electrons. The third kappa shape index (κ3) is 4.15. The van der Waals surface area contributed by atoms with Gasteiger partial charge >= 0.3 is 0 Å². The molecule has 0 saturated carbocycles. The molecule has 25 heavy (non-hydrogen) atoms. The van der Waals surface area contributed by atoms with Crippen LogP contribution < -0.4 is 4.90 Å². The number of nitrogens with zero attached hydrogens (tertiary/aromatic N) is 6. The van der Waals surface area contributed by atoms with Gasteiger partial charge in [-0.2, -0.15) is 0 Å². The van der Waals surface area contributed by atoms with E-state index in [4.69, 9.17) is 0 Å². The molecule has 0 atom stereocenters. The lowest BCUT2D eigenvalue weighted by Crippen LogP contribution is -2.15. The Balaban J connectivity index is 1.39. The van der Waals surface area contributed by atoms with E-state index in [1.807, 2.05) is 35.7 Å². The van der Waals surface area contributed by atoms with Crippen molar-refractivity contribution in [1.29, 1.82) is 0 Å². The van der Waals surface area contributed by atoms with Crippen molar-refractivity contribution in [3.8, 4) is 0 Å². The summed E-state index contributed by atoms with van der Waals surface area (Å²) in [5.74, 6) is 0. The Labute approximate surface area is 153 Å². The summed E-state index contributed by atoms with van der Waals surface area (Å²) in [5, 5.41) is 21.6. The normalized spacial score (nSPS) is 15.0. The molecule has 0 aliphatic carbocycles. The average molecular weight is 368 g/mol. The van der Waals surface area contributed by atoms with Crippen LogP contribution in [0.5, 0.6) is 0 Å². The lowest BCUT2D eigenvalue weighted by atomic mass is 10.3. The van der Waals surface area contributed by atoms with Gasteiger partial charge in [-0.3, -0.25) is 0 Å². The molecule has 2 aromatic heterocycles. The molecule has 126 valence electrons. The molecule has 0 N–H and O–H groups in total. The summed E-state index contributed by atoms with van der Waals surface area (Å²) in [7, 11) is 0. The van der Waals surface area contributed by atoms with Crippen molar-refractivity contribution in [1.82, 2.24) is 4.98 Å². The standard InChI is InChI=1S/C17H16N6S2/c1-2-11-23(10-1)16-8-7-15(25-16)21-19-13-3-5-14(6-4-13)20-22-17-18-9-12-24-17/h3-9,12H,1-2,10-11H2/b21-19+,22-20+. The maximum Gasteiger partial charge on any atom is 0.229 e. The first-order chi connectivity index (χ1) is 12.4. The van der Waals surface area contributed by atoms with Crippen LogP contribution in [0.2, 0.25) is 0 Å². The monoisotopic (exact) mass is 368 g/mol. The first kappa shape index (κ1) is 16.0. The van der Waals surface area contributed by atoms with Crippen LogP contribution in [0.15, 0.2) is 68.4 Å². The highest BCUT2D eigenvalue weighted by Gasteiger charge is 2.13. The average Bonchev–Trinajstić information content (AvgIpc) is 3.41. The summed E-state index contributed by atoms with van der Waals surface area (Å²) in [5.41, 5.74) is 1.56. The summed E-state index contributed by atoms with van der Waals surface area (Å²) in [6, 6.07) is 11.7. The summed E-state index contributed by atoms with van der Waals surface area (Å²) < 4.78 is 0. The lowest BCUT2D eigenvalue weighted by Gasteiger charge is -2.13. The second-order valence-electron chi connectivity index (χ2n) is 5.54. The van der Waals surface area contributed by atoms with Crippen molar-refractivity contribution in [3.63, 3.8) is 0 Å². The number of rotatable bonds is 5. The molecule has 0 amide bonds. The highest BCUT2D eigenvalue weighted by molar-refractivity contribution is 7.19. The summed E-state index contributed by atoms with van der Waals surface area (Å²) in [4.78, 5) is 6.47.